The molecule has 1 aliphatic rings. The number of nitrogens with zero attached hydrogens (tertiary/aromatic N) is 3. The molecule has 1 aliphatic heterocycles. The highest BCUT2D eigenvalue weighted by molar-refractivity contribution is 5.95. The fourth-order valence-corrected chi connectivity index (χ4v) is 3.53. The molecule has 0 bridgehead atoms. The second-order valence-electron chi connectivity index (χ2n) is 6.67. The number of para-hydroxylation sites is 2. The van der Waals surface area contributed by atoms with Crippen LogP contribution in [0.15, 0.2) is 48.7 Å². The van der Waals surface area contributed by atoms with Crippen molar-refractivity contribution in [1.82, 2.24) is 10.2 Å². The van der Waals surface area contributed by atoms with Crippen LogP contribution in [0.1, 0.15) is 12.8 Å². The number of carbonyl (C=O) groups excluding carboxylic acids is 1. The van der Waals surface area contributed by atoms with E-state index >= 15 is 0 Å². The zero-order valence-corrected chi connectivity index (χ0v) is 14.6. The van der Waals surface area contributed by atoms with Crippen molar-refractivity contribution in [2.45, 2.75) is 12.8 Å². The van der Waals surface area contributed by atoms with Crippen molar-refractivity contribution >= 4 is 33.9 Å². The van der Waals surface area contributed by atoms with Crippen molar-refractivity contribution in [2.24, 2.45) is 5.92 Å². The Morgan fingerprint density at radius 2 is 2.00 bits per heavy atom. The number of aromatic amines is 1. The van der Waals surface area contributed by atoms with Crippen LogP contribution < -0.4 is 10.2 Å². The standard InChI is InChI=1S/C19H19N5O3/c25-19(21-15-5-6-16-14(11-15)12-20-22-16)13-7-9-23(10-8-13)17-3-1-2-4-18(17)24(26)27/h1-6,11-13H,7-10H2,(H,20,22)(H,21,25). The zero-order chi connectivity index (χ0) is 18.8. The van der Waals surface area contributed by atoms with Crippen LogP contribution in [-0.2, 0) is 4.79 Å². The number of fused-ring (bicyclic) bond motifs is 1. The first-order valence-corrected chi connectivity index (χ1v) is 8.84. The van der Waals surface area contributed by atoms with Gasteiger partial charge in [-0.05, 0) is 37.1 Å². The molecule has 1 amide bonds. The summed E-state index contributed by atoms with van der Waals surface area (Å²) in [6, 6.07) is 12.4. The predicted octanol–water partition coefficient (Wildman–Crippen LogP) is 3.33. The third kappa shape index (κ3) is 3.46. The van der Waals surface area contributed by atoms with Crippen LogP contribution in [-0.4, -0.2) is 34.1 Å². The largest absolute Gasteiger partial charge is 0.366 e. The van der Waals surface area contributed by atoms with E-state index in [4.69, 9.17) is 0 Å². The Hall–Kier alpha value is -3.42. The Kier molecular flexibility index (Phi) is 4.45. The van der Waals surface area contributed by atoms with E-state index < -0.39 is 0 Å². The van der Waals surface area contributed by atoms with Gasteiger partial charge in [-0.15, -0.1) is 0 Å². The van der Waals surface area contributed by atoms with Crippen LogP contribution >= 0.6 is 0 Å². The molecular weight excluding hydrogens is 346 g/mol. The molecule has 0 radical (unpaired) electrons. The molecule has 8 heteroatoms. The number of amides is 1. The quantitative estimate of drug-likeness (QED) is 0.545. The highest BCUT2D eigenvalue weighted by Crippen LogP contribution is 2.31. The Labute approximate surface area is 155 Å². The Balaban J connectivity index is 1.40. The van der Waals surface area contributed by atoms with Gasteiger partial charge in [-0.3, -0.25) is 20.0 Å². The van der Waals surface area contributed by atoms with E-state index in [0.717, 1.165) is 16.6 Å². The molecule has 0 aliphatic carbocycles. The molecule has 4 rings (SSSR count). The van der Waals surface area contributed by atoms with Crippen LogP contribution in [0.2, 0.25) is 0 Å². The minimum absolute atomic E-state index is 0.0138. The predicted molar refractivity (Wildman–Crippen MR) is 103 cm³/mol. The molecule has 1 saturated heterocycles. The van der Waals surface area contributed by atoms with Gasteiger partial charge in [-0.25, -0.2) is 0 Å². The summed E-state index contributed by atoms with van der Waals surface area (Å²) in [5.41, 5.74) is 2.39. The van der Waals surface area contributed by atoms with E-state index in [9.17, 15) is 14.9 Å². The number of hydrogen-bond donors (Lipinski definition) is 2. The second-order valence-corrected chi connectivity index (χ2v) is 6.67. The van der Waals surface area contributed by atoms with Gasteiger partial charge in [0.25, 0.3) is 5.69 Å². The third-order valence-corrected chi connectivity index (χ3v) is 4.99. The summed E-state index contributed by atoms with van der Waals surface area (Å²) >= 11 is 0. The molecule has 1 aromatic heterocycles. The van der Waals surface area contributed by atoms with Crippen LogP contribution in [0.4, 0.5) is 17.1 Å². The molecule has 1 fully saturated rings. The van der Waals surface area contributed by atoms with E-state index in [1.807, 2.05) is 23.1 Å². The number of hydrogen-bond acceptors (Lipinski definition) is 5. The van der Waals surface area contributed by atoms with Gasteiger partial charge < -0.3 is 10.2 Å². The summed E-state index contributed by atoms with van der Waals surface area (Å²) in [6.45, 7) is 1.23. The average Bonchev–Trinajstić information content (AvgIpc) is 3.16. The second kappa shape index (κ2) is 7.06. The first-order valence-electron chi connectivity index (χ1n) is 8.84. The molecule has 2 N–H and O–H groups in total. The summed E-state index contributed by atoms with van der Waals surface area (Å²) < 4.78 is 0. The summed E-state index contributed by atoms with van der Waals surface area (Å²) in [5, 5.41) is 22.0. The van der Waals surface area contributed by atoms with E-state index in [1.165, 1.54) is 6.07 Å². The van der Waals surface area contributed by atoms with Gasteiger partial charge >= 0.3 is 0 Å². The lowest BCUT2D eigenvalue weighted by atomic mass is 9.95. The van der Waals surface area contributed by atoms with Crippen molar-refractivity contribution in [1.29, 1.82) is 0 Å². The van der Waals surface area contributed by atoms with E-state index in [-0.39, 0.29) is 22.4 Å². The molecule has 0 unspecified atom stereocenters. The molecule has 0 atom stereocenters. The number of rotatable bonds is 4. The van der Waals surface area contributed by atoms with Crippen LogP contribution in [0.25, 0.3) is 10.9 Å². The van der Waals surface area contributed by atoms with Crippen molar-refractivity contribution in [3.63, 3.8) is 0 Å². The topological polar surface area (TPSA) is 104 Å². The number of anilines is 2. The fourth-order valence-electron chi connectivity index (χ4n) is 3.53. The van der Waals surface area contributed by atoms with Crippen molar-refractivity contribution < 1.29 is 9.72 Å². The SMILES string of the molecule is O=C(Nc1ccc2[nH]ncc2c1)C1CCN(c2ccccc2[N+](=O)[O-])CC1. The molecule has 0 spiro atoms. The summed E-state index contributed by atoms with van der Waals surface area (Å²) in [5.74, 6) is -0.121. The highest BCUT2D eigenvalue weighted by atomic mass is 16.6. The molecule has 3 aromatic rings. The summed E-state index contributed by atoms with van der Waals surface area (Å²) in [7, 11) is 0. The van der Waals surface area contributed by atoms with Crippen molar-refractivity contribution in [3.8, 4) is 0 Å². The average molecular weight is 365 g/mol. The van der Waals surface area contributed by atoms with Gasteiger partial charge in [-0.2, -0.15) is 5.10 Å². The number of nitro benzene ring substituents is 1. The van der Waals surface area contributed by atoms with E-state index in [2.05, 4.69) is 15.5 Å². The first-order chi connectivity index (χ1) is 13.1. The minimum atomic E-state index is -0.361. The van der Waals surface area contributed by atoms with Gasteiger partial charge in [0.05, 0.1) is 16.6 Å². The maximum atomic E-state index is 12.6. The Morgan fingerprint density at radius 3 is 2.78 bits per heavy atom. The maximum absolute atomic E-state index is 12.6. The monoisotopic (exact) mass is 365 g/mol. The number of aromatic nitrogens is 2. The molecule has 0 saturated carbocycles. The highest BCUT2D eigenvalue weighted by Gasteiger charge is 2.28. The van der Waals surface area contributed by atoms with Crippen LogP contribution in [0.3, 0.4) is 0 Å². The van der Waals surface area contributed by atoms with Crippen LogP contribution in [0, 0.1) is 16.0 Å². The Morgan fingerprint density at radius 1 is 1.22 bits per heavy atom. The normalized spacial score (nSPS) is 15.0. The number of H-pyrrole nitrogens is 1. The molecule has 8 nitrogen and oxygen atoms in total. The lowest BCUT2D eigenvalue weighted by molar-refractivity contribution is -0.384. The lowest BCUT2D eigenvalue weighted by Crippen LogP contribution is -2.38. The first kappa shape index (κ1) is 17.0. The number of nitrogens with one attached hydrogen (secondary N) is 2. The molecular formula is C19H19N5O3. The van der Waals surface area contributed by atoms with Gasteiger partial charge in [0.1, 0.15) is 5.69 Å². The van der Waals surface area contributed by atoms with Gasteiger partial charge in [0, 0.05) is 36.1 Å². The number of piperidine rings is 1. The van der Waals surface area contributed by atoms with E-state index in [0.29, 0.717) is 31.6 Å². The zero-order valence-electron chi connectivity index (χ0n) is 14.6. The van der Waals surface area contributed by atoms with Crippen LogP contribution in [0.5, 0.6) is 0 Å². The maximum Gasteiger partial charge on any atom is 0.292 e. The van der Waals surface area contributed by atoms with Crippen molar-refractivity contribution in [3.05, 3.63) is 58.8 Å². The minimum Gasteiger partial charge on any atom is -0.366 e. The number of benzene rings is 2. The van der Waals surface area contributed by atoms with E-state index in [1.54, 1.807) is 24.4 Å². The molecule has 138 valence electrons. The summed E-state index contributed by atoms with van der Waals surface area (Å²) in [6.07, 6.45) is 3.04. The molecule has 27 heavy (non-hydrogen) atoms. The molecule has 2 aromatic carbocycles. The smallest absolute Gasteiger partial charge is 0.292 e. The third-order valence-electron chi connectivity index (χ3n) is 4.99. The van der Waals surface area contributed by atoms with Gasteiger partial charge in [-0.1, -0.05) is 12.1 Å². The van der Waals surface area contributed by atoms with Gasteiger partial charge in [0.15, 0.2) is 0 Å². The Bertz CT molecular complexity index is 992. The fraction of sp³-hybridized carbons (Fsp3) is 0.263. The number of carbonyl (C=O) groups is 1. The van der Waals surface area contributed by atoms with Gasteiger partial charge in [0.2, 0.25) is 5.91 Å². The van der Waals surface area contributed by atoms with Crippen molar-refractivity contribution in [2.75, 3.05) is 23.3 Å². The number of nitro groups is 1. The molecule has 2 heterocycles. The summed E-state index contributed by atoms with van der Waals surface area (Å²) in [4.78, 5) is 25.4. The lowest BCUT2D eigenvalue weighted by Gasteiger charge is -2.32.